The second-order valence-corrected chi connectivity index (χ2v) is 6.25. The first kappa shape index (κ1) is 11.4. The largest absolute Gasteiger partial charge is 0.451 e. The fourth-order valence-corrected chi connectivity index (χ4v) is 4.03. The lowest BCUT2D eigenvalue weighted by molar-refractivity contribution is 0.0691. The maximum absolute atomic E-state index is 12.9. The van der Waals surface area contributed by atoms with Crippen molar-refractivity contribution in [3.63, 3.8) is 0 Å². The SMILES string of the molecule is O=C(c1cc2ccccc2o1)N1C2=CN3CCC2CC1C3. The molecule has 5 rings (SSSR count). The first-order valence-corrected chi connectivity index (χ1v) is 7.57. The molecule has 0 radical (unpaired) electrons. The molecule has 1 amide bonds. The number of rotatable bonds is 1. The Balaban J connectivity index is 1.56. The molecule has 2 aromatic rings. The van der Waals surface area contributed by atoms with Crippen molar-refractivity contribution in [3.8, 4) is 0 Å². The summed E-state index contributed by atoms with van der Waals surface area (Å²) in [7, 11) is 0. The lowest BCUT2D eigenvalue weighted by atomic mass is 9.99. The molecular formula is C17H16N2O2. The minimum atomic E-state index is 0.0199. The van der Waals surface area contributed by atoms with E-state index in [1.807, 2.05) is 35.2 Å². The minimum Gasteiger partial charge on any atom is -0.451 e. The van der Waals surface area contributed by atoms with Gasteiger partial charge in [-0.15, -0.1) is 0 Å². The molecule has 4 heterocycles. The zero-order chi connectivity index (χ0) is 14.0. The van der Waals surface area contributed by atoms with Crippen molar-refractivity contribution in [2.75, 3.05) is 13.1 Å². The number of carbonyl (C=O) groups excluding carboxylic acids is 1. The lowest BCUT2D eigenvalue weighted by Gasteiger charge is -2.38. The third kappa shape index (κ3) is 1.53. The normalized spacial score (nSPS) is 26.6. The second-order valence-electron chi connectivity index (χ2n) is 6.25. The van der Waals surface area contributed by atoms with Gasteiger partial charge >= 0.3 is 0 Å². The molecule has 0 spiro atoms. The van der Waals surface area contributed by atoms with Crippen LogP contribution in [0.25, 0.3) is 11.0 Å². The van der Waals surface area contributed by atoms with E-state index in [1.54, 1.807) is 0 Å². The first-order chi connectivity index (χ1) is 10.3. The maximum Gasteiger partial charge on any atom is 0.294 e. The first-order valence-electron chi connectivity index (χ1n) is 7.57. The highest BCUT2D eigenvalue weighted by atomic mass is 16.3. The van der Waals surface area contributed by atoms with E-state index < -0.39 is 0 Å². The quantitative estimate of drug-likeness (QED) is 0.806. The van der Waals surface area contributed by atoms with Crippen molar-refractivity contribution >= 4 is 16.9 Å². The van der Waals surface area contributed by atoms with Crippen LogP contribution >= 0.6 is 0 Å². The van der Waals surface area contributed by atoms with Gasteiger partial charge in [-0.25, -0.2) is 0 Å². The lowest BCUT2D eigenvalue weighted by Crippen LogP contribution is -2.46. The molecule has 1 aromatic heterocycles. The van der Waals surface area contributed by atoms with Gasteiger partial charge in [-0.3, -0.25) is 4.79 Å². The smallest absolute Gasteiger partial charge is 0.294 e. The van der Waals surface area contributed by atoms with E-state index in [0.29, 0.717) is 17.7 Å². The van der Waals surface area contributed by atoms with Gasteiger partial charge in [0.15, 0.2) is 5.76 Å². The molecule has 1 aromatic carbocycles. The number of amides is 1. The second kappa shape index (κ2) is 3.91. The summed E-state index contributed by atoms with van der Waals surface area (Å²) >= 11 is 0. The number of carbonyl (C=O) groups is 1. The van der Waals surface area contributed by atoms with E-state index in [1.165, 1.54) is 12.1 Å². The van der Waals surface area contributed by atoms with E-state index in [0.717, 1.165) is 30.5 Å². The predicted molar refractivity (Wildman–Crippen MR) is 78.6 cm³/mol. The molecule has 21 heavy (non-hydrogen) atoms. The van der Waals surface area contributed by atoms with E-state index >= 15 is 0 Å². The Labute approximate surface area is 122 Å². The van der Waals surface area contributed by atoms with E-state index in [2.05, 4.69) is 11.1 Å². The highest BCUT2D eigenvalue weighted by molar-refractivity contribution is 5.97. The monoisotopic (exact) mass is 280 g/mol. The Morgan fingerprint density at radius 3 is 3.10 bits per heavy atom. The fraction of sp³-hybridized carbons (Fsp3) is 0.353. The van der Waals surface area contributed by atoms with Gasteiger partial charge in [-0.1, -0.05) is 18.2 Å². The molecule has 4 heteroatoms. The highest BCUT2D eigenvalue weighted by Gasteiger charge is 2.46. The summed E-state index contributed by atoms with van der Waals surface area (Å²) in [5.74, 6) is 1.04. The summed E-state index contributed by atoms with van der Waals surface area (Å²) < 4.78 is 5.76. The van der Waals surface area contributed by atoms with Crippen molar-refractivity contribution in [3.05, 3.63) is 48.0 Å². The zero-order valence-corrected chi connectivity index (χ0v) is 11.7. The van der Waals surface area contributed by atoms with Crippen LogP contribution in [0.2, 0.25) is 0 Å². The Kier molecular flexibility index (Phi) is 2.13. The zero-order valence-electron chi connectivity index (χ0n) is 11.7. The number of furan rings is 1. The van der Waals surface area contributed by atoms with Crippen molar-refractivity contribution in [2.45, 2.75) is 18.9 Å². The summed E-state index contributed by atoms with van der Waals surface area (Å²) in [6, 6.07) is 9.96. The van der Waals surface area contributed by atoms with Crippen LogP contribution in [0.4, 0.5) is 0 Å². The number of hydrogen-bond donors (Lipinski definition) is 0. The standard InChI is InChI=1S/C17H16N2O2/c20-17(16-8-12-3-1-2-4-15(12)21-16)19-13-7-11-5-6-18(9-13)10-14(11)19/h1-4,8,10-11,13H,5-7,9H2. The van der Waals surface area contributed by atoms with Gasteiger partial charge < -0.3 is 14.2 Å². The summed E-state index contributed by atoms with van der Waals surface area (Å²) in [6.45, 7) is 2.10. The van der Waals surface area contributed by atoms with Crippen molar-refractivity contribution in [2.24, 2.45) is 5.92 Å². The molecule has 4 nitrogen and oxygen atoms in total. The molecule has 3 aliphatic rings. The van der Waals surface area contributed by atoms with Gasteiger partial charge in [0.2, 0.25) is 0 Å². The van der Waals surface area contributed by atoms with Crippen LogP contribution in [0.3, 0.4) is 0 Å². The summed E-state index contributed by atoms with van der Waals surface area (Å²) in [5.41, 5.74) is 1.98. The third-order valence-electron chi connectivity index (χ3n) is 5.00. The minimum absolute atomic E-state index is 0.0199. The van der Waals surface area contributed by atoms with E-state index in [9.17, 15) is 4.79 Å². The predicted octanol–water partition coefficient (Wildman–Crippen LogP) is 2.82. The molecule has 1 saturated heterocycles. The molecule has 2 atom stereocenters. The van der Waals surface area contributed by atoms with E-state index in [4.69, 9.17) is 4.42 Å². The summed E-state index contributed by atoms with van der Waals surface area (Å²) in [4.78, 5) is 17.2. The Bertz CT molecular complexity index is 741. The van der Waals surface area contributed by atoms with Crippen LogP contribution in [0.1, 0.15) is 23.4 Å². The Morgan fingerprint density at radius 1 is 1.29 bits per heavy atom. The Morgan fingerprint density at radius 2 is 2.19 bits per heavy atom. The average Bonchev–Trinajstić information content (AvgIpc) is 2.96. The molecule has 3 aliphatic heterocycles. The summed E-state index contributed by atoms with van der Waals surface area (Å²) in [5, 5.41) is 0.990. The molecule has 0 saturated carbocycles. The van der Waals surface area contributed by atoms with Crippen molar-refractivity contribution < 1.29 is 9.21 Å². The summed E-state index contributed by atoms with van der Waals surface area (Å²) in [6.07, 6.45) is 4.46. The average molecular weight is 280 g/mol. The van der Waals surface area contributed by atoms with Gasteiger partial charge in [-0.2, -0.15) is 0 Å². The van der Waals surface area contributed by atoms with Crippen LogP contribution in [-0.2, 0) is 0 Å². The molecule has 0 N–H and O–H groups in total. The molecule has 106 valence electrons. The van der Waals surface area contributed by atoms with Crippen LogP contribution in [0.5, 0.6) is 0 Å². The van der Waals surface area contributed by atoms with Gasteiger partial charge in [0.25, 0.3) is 5.91 Å². The molecule has 0 aliphatic carbocycles. The molecule has 3 bridgehead atoms. The van der Waals surface area contributed by atoms with Gasteiger partial charge in [0, 0.05) is 36.3 Å². The van der Waals surface area contributed by atoms with Crippen LogP contribution in [0.15, 0.2) is 46.6 Å². The van der Waals surface area contributed by atoms with E-state index in [-0.39, 0.29) is 5.91 Å². The van der Waals surface area contributed by atoms with Gasteiger partial charge in [0.1, 0.15) is 5.58 Å². The molecule has 1 fully saturated rings. The molecule has 2 unspecified atom stereocenters. The number of hydrogen-bond acceptors (Lipinski definition) is 3. The number of benzene rings is 1. The highest BCUT2D eigenvalue weighted by Crippen LogP contribution is 2.43. The maximum atomic E-state index is 12.9. The van der Waals surface area contributed by atoms with Crippen LogP contribution in [-0.4, -0.2) is 34.8 Å². The van der Waals surface area contributed by atoms with Crippen LogP contribution < -0.4 is 0 Å². The Hall–Kier alpha value is -2.23. The topological polar surface area (TPSA) is 36.7 Å². The third-order valence-corrected chi connectivity index (χ3v) is 5.00. The number of nitrogens with zero attached hydrogens (tertiary/aromatic N) is 2. The number of para-hydroxylation sites is 1. The fourth-order valence-electron chi connectivity index (χ4n) is 4.03. The van der Waals surface area contributed by atoms with Crippen molar-refractivity contribution in [1.82, 2.24) is 9.80 Å². The number of fused-ring (bicyclic) bond motifs is 3. The van der Waals surface area contributed by atoms with Crippen LogP contribution in [0, 0.1) is 5.92 Å². The van der Waals surface area contributed by atoms with Crippen molar-refractivity contribution in [1.29, 1.82) is 0 Å². The van der Waals surface area contributed by atoms with Gasteiger partial charge in [-0.05, 0) is 25.0 Å². The number of allylic oxidation sites excluding steroid dienone is 1. The molecular weight excluding hydrogens is 264 g/mol. The van der Waals surface area contributed by atoms with Gasteiger partial charge in [0.05, 0.1) is 6.04 Å².